The molecule has 28 heavy (non-hydrogen) atoms. The Morgan fingerprint density at radius 1 is 1.29 bits per heavy atom. The van der Waals surface area contributed by atoms with Crippen molar-refractivity contribution >= 4 is 12.4 Å². The van der Waals surface area contributed by atoms with Crippen LogP contribution in [0.25, 0.3) is 0 Å². The van der Waals surface area contributed by atoms with E-state index in [0.29, 0.717) is 11.7 Å². The van der Waals surface area contributed by atoms with E-state index in [0.717, 1.165) is 38.4 Å². The normalized spacial score (nSPS) is 14.9. The summed E-state index contributed by atoms with van der Waals surface area (Å²) in [5, 5.41) is 11.3. The van der Waals surface area contributed by atoms with E-state index < -0.39 is 0 Å². The second-order valence-electron chi connectivity index (χ2n) is 6.92. The number of aromatic nitrogens is 3. The van der Waals surface area contributed by atoms with Crippen molar-refractivity contribution in [3.05, 3.63) is 47.5 Å². The Morgan fingerprint density at radius 3 is 2.50 bits per heavy atom. The van der Waals surface area contributed by atoms with Crippen LogP contribution in [0, 0.1) is 5.92 Å². The fourth-order valence-electron chi connectivity index (χ4n) is 3.51. The van der Waals surface area contributed by atoms with Crippen LogP contribution < -0.4 is 5.73 Å². The summed E-state index contributed by atoms with van der Waals surface area (Å²) < 4.78 is 1.91. The van der Waals surface area contributed by atoms with Crippen LogP contribution in [0.2, 0.25) is 0 Å². The number of piperidine rings is 1. The maximum absolute atomic E-state index is 11.1. The topological polar surface area (TPSA) is 114 Å². The minimum absolute atomic E-state index is 0.121. The molecule has 0 radical (unpaired) electrons. The molecule has 2 heterocycles. The van der Waals surface area contributed by atoms with Crippen LogP contribution in [0.3, 0.4) is 0 Å². The van der Waals surface area contributed by atoms with Crippen LogP contribution in [0.4, 0.5) is 0 Å². The standard InChI is InChI=1S/C19H27N5O.CH2O2/c1-2-24-19(21-18(22-24)13-17(20)25)12-15-8-10-23(11-9-15)14-16-6-4-3-5-7-16;2-1-3/h3-7,15H,2,8-14H2,1H3,(H2,20,25);1H,(H,2,3). The van der Waals surface area contributed by atoms with Crippen LogP contribution >= 0.6 is 0 Å². The minimum Gasteiger partial charge on any atom is -0.483 e. The highest BCUT2D eigenvalue weighted by Gasteiger charge is 2.22. The van der Waals surface area contributed by atoms with E-state index >= 15 is 0 Å². The fourth-order valence-corrected chi connectivity index (χ4v) is 3.51. The highest BCUT2D eigenvalue weighted by molar-refractivity contribution is 5.75. The molecule has 3 N–H and O–H groups in total. The number of aryl methyl sites for hydroxylation is 1. The molecule has 0 spiro atoms. The molecule has 1 amide bonds. The van der Waals surface area contributed by atoms with Crippen molar-refractivity contribution in [1.29, 1.82) is 0 Å². The van der Waals surface area contributed by atoms with Gasteiger partial charge in [-0.2, -0.15) is 5.10 Å². The number of hydrogen-bond donors (Lipinski definition) is 2. The molecule has 1 saturated heterocycles. The molecule has 8 heteroatoms. The lowest BCUT2D eigenvalue weighted by atomic mass is 9.93. The fraction of sp³-hybridized carbons (Fsp3) is 0.500. The Labute approximate surface area is 165 Å². The summed E-state index contributed by atoms with van der Waals surface area (Å²) in [5.41, 5.74) is 6.63. The van der Waals surface area contributed by atoms with E-state index in [-0.39, 0.29) is 18.8 Å². The number of carboxylic acid groups (broad SMARTS) is 1. The van der Waals surface area contributed by atoms with Gasteiger partial charge in [0.1, 0.15) is 5.82 Å². The smallest absolute Gasteiger partial charge is 0.290 e. The number of nitrogens with zero attached hydrogens (tertiary/aromatic N) is 4. The number of nitrogens with two attached hydrogens (primary N) is 1. The van der Waals surface area contributed by atoms with Crippen LogP contribution in [-0.4, -0.2) is 50.2 Å². The van der Waals surface area contributed by atoms with Crippen molar-refractivity contribution in [2.24, 2.45) is 11.7 Å². The van der Waals surface area contributed by atoms with Crippen molar-refractivity contribution in [3.8, 4) is 0 Å². The van der Waals surface area contributed by atoms with Gasteiger partial charge in [-0.05, 0) is 44.3 Å². The van der Waals surface area contributed by atoms with E-state index in [1.165, 1.54) is 18.4 Å². The molecule has 0 saturated carbocycles. The molecular formula is C20H29N5O3. The zero-order valence-electron chi connectivity index (χ0n) is 16.3. The van der Waals surface area contributed by atoms with Gasteiger partial charge in [0.05, 0.1) is 6.42 Å². The van der Waals surface area contributed by atoms with E-state index in [1.807, 2.05) is 4.68 Å². The average Bonchev–Trinajstić information content (AvgIpc) is 3.05. The lowest BCUT2D eigenvalue weighted by Crippen LogP contribution is -2.34. The number of benzene rings is 1. The first-order valence-electron chi connectivity index (χ1n) is 9.60. The Morgan fingerprint density at radius 2 is 1.93 bits per heavy atom. The zero-order valence-corrected chi connectivity index (χ0v) is 16.3. The lowest BCUT2D eigenvalue weighted by Gasteiger charge is -2.31. The molecule has 1 aromatic heterocycles. The molecule has 3 rings (SSSR count). The highest BCUT2D eigenvalue weighted by atomic mass is 16.3. The average molecular weight is 387 g/mol. The summed E-state index contributed by atoms with van der Waals surface area (Å²) >= 11 is 0. The summed E-state index contributed by atoms with van der Waals surface area (Å²) in [6, 6.07) is 10.6. The molecular weight excluding hydrogens is 358 g/mol. The van der Waals surface area contributed by atoms with Crippen LogP contribution in [0.1, 0.15) is 37.0 Å². The van der Waals surface area contributed by atoms with Gasteiger partial charge in [-0.25, -0.2) is 4.98 Å². The first-order valence-corrected chi connectivity index (χ1v) is 9.60. The second-order valence-corrected chi connectivity index (χ2v) is 6.92. The predicted octanol–water partition coefficient (Wildman–Crippen LogP) is 1.48. The van der Waals surface area contributed by atoms with Gasteiger partial charge < -0.3 is 10.8 Å². The molecule has 152 valence electrons. The molecule has 2 aromatic rings. The Hall–Kier alpha value is -2.74. The molecule has 8 nitrogen and oxygen atoms in total. The number of carbonyl (C=O) groups excluding carboxylic acids is 1. The zero-order chi connectivity index (χ0) is 20.4. The van der Waals surface area contributed by atoms with E-state index in [1.54, 1.807) is 0 Å². The quantitative estimate of drug-likeness (QED) is 0.696. The van der Waals surface area contributed by atoms with E-state index in [9.17, 15) is 4.79 Å². The maximum atomic E-state index is 11.1. The first kappa shape index (κ1) is 21.6. The van der Waals surface area contributed by atoms with Gasteiger partial charge in [0.25, 0.3) is 6.47 Å². The summed E-state index contributed by atoms with van der Waals surface area (Å²) in [6.07, 6.45) is 3.40. The summed E-state index contributed by atoms with van der Waals surface area (Å²) in [4.78, 5) is 26.5. The van der Waals surface area contributed by atoms with Gasteiger partial charge in [-0.15, -0.1) is 0 Å². The van der Waals surface area contributed by atoms with Gasteiger partial charge in [0.2, 0.25) is 5.91 Å². The van der Waals surface area contributed by atoms with Crippen molar-refractivity contribution < 1.29 is 14.7 Å². The monoisotopic (exact) mass is 387 g/mol. The SMILES string of the molecule is CCn1nc(CC(N)=O)nc1CC1CCN(Cc2ccccc2)CC1.O=CO. The number of rotatable bonds is 7. The van der Waals surface area contributed by atoms with Gasteiger partial charge in [-0.1, -0.05) is 30.3 Å². The lowest BCUT2D eigenvalue weighted by molar-refractivity contribution is -0.123. The first-order chi connectivity index (χ1) is 13.5. The van der Waals surface area contributed by atoms with E-state index in [2.05, 4.69) is 52.2 Å². The molecule has 1 fully saturated rings. The minimum atomic E-state index is -0.381. The van der Waals surface area contributed by atoms with Gasteiger partial charge in [-0.3, -0.25) is 19.2 Å². The van der Waals surface area contributed by atoms with Gasteiger partial charge >= 0.3 is 0 Å². The second kappa shape index (κ2) is 11.2. The summed E-state index contributed by atoms with van der Waals surface area (Å²) in [7, 11) is 0. The third-order valence-electron chi connectivity index (χ3n) is 4.85. The van der Waals surface area contributed by atoms with E-state index in [4.69, 9.17) is 15.6 Å². The number of carbonyl (C=O) groups is 2. The molecule has 1 aromatic carbocycles. The number of amides is 1. The maximum Gasteiger partial charge on any atom is 0.290 e. The number of primary amides is 1. The summed E-state index contributed by atoms with van der Waals surface area (Å²) in [6.45, 7) is 5.84. The highest BCUT2D eigenvalue weighted by Crippen LogP contribution is 2.22. The van der Waals surface area contributed by atoms with Crippen molar-refractivity contribution in [2.45, 2.75) is 45.7 Å². The van der Waals surface area contributed by atoms with Crippen LogP contribution in [0.15, 0.2) is 30.3 Å². The Balaban J connectivity index is 0.000000878. The molecule has 0 bridgehead atoms. The number of likely N-dealkylation sites (tertiary alicyclic amines) is 1. The van der Waals surface area contributed by atoms with Crippen LogP contribution in [-0.2, 0) is 35.5 Å². The molecule has 0 aliphatic carbocycles. The largest absolute Gasteiger partial charge is 0.483 e. The third-order valence-corrected chi connectivity index (χ3v) is 4.85. The van der Waals surface area contributed by atoms with Crippen molar-refractivity contribution in [2.75, 3.05) is 13.1 Å². The van der Waals surface area contributed by atoms with Crippen molar-refractivity contribution in [1.82, 2.24) is 19.7 Å². The number of hydrogen-bond acceptors (Lipinski definition) is 5. The van der Waals surface area contributed by atoms with Gasteiger partial charge in [0, 0.05) is 19.5 Å². The molecule has 0 atom stereocenters. The molecule has 1 aliphatic rings. The Bertz CT molecular complexity index is 740. The molecule has 0 unspecified atom stereocenters. The van der Waals surface area contributed by atoms with Gasteiger partial charge in [0.15, 0.2) is 5.82 Å². The Kier molecular flexibility index (Phi) is 8.61. The third kappa shape index (κ3) is 6.77. The summed E-state index contributed by atoms with van der Waals surface area (Å²) in [5.74, 6) is 1.78. The van der Waals surface area contributed by atoms with Crippen molar-refractivity contribution in [3.63, 3.8) is 0 Å². The predicted molar refractivity (Wildman–Crippen MR) is 105 cm³/mol. The molecule has 1 aliphatic heterocycles. The van der Waals surface area contributed by atoms with Crippen LogP contribution in [0.5, 0.6) is 0 Å².